The molecule has 0 amide bonds. The molecule has 0 bridgehead atoms. The zero-order chi connectivity index (χ0) is 18.3. The fourth-order valence-electron chi connectivity index (χ4n) is 3.89. The molecule has 2 rings (SSSR count). The number of nitrogens with zero attached hydrogens (tertiary/aromatic N) is 1. The van der Waals surface area contributed by atoms with Crippen molar-refractivity contribution in [3.8, 4) is 0 Å². The maximum absolute atomic E-state index is 13.0. The van der Waals surface area contributed by atoms with Gasteiger partial charge in [0.15, 0.2) is 5.60 Å². The number of benzene rings is 1. The van der Waals surface area contributed by atoms with E-state index in [9.17, 15) is 9.90 Å². The van der Waals surface area contributed by atoms with E-state index in [2.05, 4.69) is 18.7 Å². The summed E-state index contributed by atoms with van der Waals surface area (Å²) in [7, 11) is 0. The Hall–Kier alpha value is -1.39. The lowest BCUT2D eigenvalue weighted by molar-refractivity contribution is -0.181. The van der Waals surface area contributed by atoms with Gasteiger partial charge in [-0.15, -0.1) is 0 Å². The maximum atomic E-state index is 13.0. The van der Waals surface area contributed by atoms with E-state index in [4.69, 9.17) is 4.74 Å². The molecule has 0 aliphatic heterocycles. The third-order valence-electron chi connectivity index (χ3n) is 5.44. The van der Waals surface area contributed by atoms with E-state index in [1.54, 1.807) is 0 Å². The Kier molecular flexibility index (Phi) is 7.45. The lowest BCUT2D eigenvalue weighted by atomic mass is 9.73. The molecule has 1 aromatic carbocycles. The Morgan fingerprint density at radius 3 is 2.36 bits per heavy atom. The van der Waals surface area contributed by atoms with Gasteiger partial charge < -0.3 is 14.7 Å². The number of esters is 1. The van der Waals surface area contributed by atoms with Crippen LogP contribution in [0.15, 0.2) is 30.3 Å². The van der Waals surface area contributed by atoms with Crippen LogP contribution in [-0.4, -0.2) is 41.7 Å². The van der Waals surface area contributed by atoms with Gasteiger partial charge in [0.05, 0.1) is 0 Å². The number of rotatable bonds is 8. The molecular weight excluding hydrogens is 314 g/mol. The second kappa shape index (κ2) is 9.35. The molecule has 1 aromatic rings. The zero-order valence-corrected chi connectivity index (χ0v) is 15.9. The standard InChI is InChI=1S/C21H33NO3/c1-4-22(5-2)16-17(3)25-20(23)21(24,18-12-8-6-9-13-18)19-14-10-7-11-15-19/h6,8-9,12-13,17,19,24H,4-5,7,10-11,14-16H2,1-3H3. The Morgan fingerprint density at radius 2 is 1.80 bits per heavy atom. The minimum Gasteiger partial charge on any atom is -0.459 e. The fourth-order valence-corrected chi connectivity index (χ4v) is 3.89. The highest BCUT2D eigenvalue weighted by Gasteiger charge is 2.47. The van der Waals surface area contributed by atoms with Gasteiger partial charge in [-0.1, -0.05) is 63.4 Å². The van der Waals surface area contributed by atoms with Gasteiger partial charge in [0, 0.05) is 12.5 Å². The first kappa shape index (κ1) is 19.9. The number of aliphatic hydroxyl groups is 1. The van der Waals surface area contributed by atoms with E-state index >= 15 is 0 Å². The number of hydrogen-bond donors (Lipinski definition) is 1. The lowest BCUT2D eigenvalue weighted by Gasteiger charge is -2.37. The van der Waals surface area contributed by atoms with Crippen LogP contribution in [0.3, 0.4) is 0 Å². The molecule has 2 atom stereocenters. The predicted octanol–water partition coefficient (Wildman–Crippen LogP) is 3.73. The van der Waals surface area contributed by atoms with Crippen molar-refractivity contribution in [1.82, 2.24) is 4.90 Å². The minimum atomic E-state index is -1.54. The first-order chi connectivity index (χ1) is 12.0. The summed E-state index contributed by atoms with van der Waals surface area (Å²) in [5.41, 5.74) is -0.888. The zero-order valence-electron chi connectivity index (χ0n) is 15.9. The van der Waals surface area contributed by atoms with Crippen LogP contribution >= 0.6 is 0 Å². The van der Waals surface area contributed by atoms with E-state index in [1.807, 2.05) is 37.3 Å². The average molecular weight is 347 g/mol. The molecule has 25 heavy (non-hydrogen) atoms. The lowest BCUT2D eigenvalue weighted by Crippen LogP contribution is -2.47. The Labute approximate surface area is 152 Å². The van der Waals surface area contributed by atoms with E-state index < -0.39 is 11.6 Å². The van der Waals surface area contributed by atoms with Crippen molar-refractivity contribution in [2.45, 2.75) is 64.6 Å². The van der Waals surface area contributed by atoms with Crippen molar-refractivity contribution in [1.29, 1.82) is 0 Å². The minimum absolute atomic E-state index is 0.0724. The van der Waals surface area contributed by atoms with Crippen LogP contribution < -0.4 is 0 Å². The topological polar surface area (TPSA) is 49.8 Å². The first-order valence-corrected chi connectivity index (χ1v) is 9.73. The quantitative estimate of drug-likeness (QED) is 0.728. The summed E-state index contributed by atoms with van der Waals surface area (Å²) in [5.74, 6) is -0.568. The van der Waals surface area contributed by atoms with Gasteiger partial charge in [-0.2, -0.15) is 0 Å². The van der Waals surface area contributed by atoms with E-state index in [1.165, 1.54) is 6.42 Å². The van der Waals surface area contributed by atoms with Gasteiger partial charge in [-0.25, -0.2) is 4.79 Å². The van der Waals surface area contributed by atoms with Gasteiger partial charge in [0.1, 0.15) is 6.10 Å². The van der Waals surface area contributed by atoms with Crippen molar-refractivity contribution in [3.05, 3.63) is 35.9 Å². The molecule has 4 heteroatoms. The molecule has 0 heterocycles. The van der Waals surface area contributed by atoms with Gasteiger partial charge in [-0.3, -0.25) is 0 Å². The van der Waals surface area contributed by atoms with E-state index in [-0.39, 0.29) is 12.0 Å². The van der Waals surface area contributed by atoms with Crippen LogP contribution in [-0.2, 0) is 15.1 Å². The normalized spacial score (nSPS) is 19.4. The highest BCUT2D eigenvalue weighted by atomic mass is 16.6. The summed E-state index contributed by atoms with van der Waals surface area (Å²) in [6, 6.07) is 9.32. The van der Waals surface area contributed by atoms with Crippen molar-refractivity contribution >= 4 is 5.97 Å². The van der Waals surface area contributed by atoms with Crippen LogP contribution in [0.1, 0.15) is 58.4 Å². The number of likely N-dealkylation sites (N-methyl/N-ethyl adjacent to an activating group) is 1. The first-order valence-electron chi connectivity index (χ1n) is 9.73. The Balaban J connectivity index is 2.18. The predicted molar refractivity (Wildman–Crippen MR) is 100 cm³/mol. The molecule has 1 fully saturated rings. The number of carbonyl (C=O) groups excluding carboxylic acids is 1. The Bertz CT molecular complexity index is 523. The van der Waals surface area contributed by atoms with Gasteiger partial charge in [-0.05, 0) is 38.4 Å². The smallest absolute Gasteiger partial charge is 0.343 e. The molecule has 1 aliphatic rings. The van der Waals surface area contributed by atoms with Crippen molar-refractivity contribution in [2.75, 3.05) is 19.6 Å². The van der Waals surface area contributed by atoms with Crippen LogP contribution in [0.2, 0.25) is 0 Å². The molecule has 2 unspecified atom stereocenters. The monoisotopic (exact) mass is 347 g/mol. The molecular formula is C21H33NO3. The highest BCUT2D eigenvalue weighted by Crippen LogP contribution is 2.40. The SMILES string of the molecule is CCN(CC)CC(C)OC(=O)C(O)(c1ccccc1)C1CCCCC1. The number of ether oxygens (including phenoxy) is 1. The molecule has 4 nitrogen and oxygen atoms in total. The third-order valence-corrected chi connectivity index (χ3v) is 5.44. The third kappa shape index (κ3) is 4.83. The molecule has 0 radical (unpaired) electrons. The van der Waals surface area contributed by atoms with Crippen LogP contribution in [0.25, 0.3) is 0 Å². The second-order valence-corrected chi connectivity index (χ2v) is 7.17. The second-order valence-electron chi connectivity index (χ2n) is 7.17. The van der Waals surface area contributed by atoms with Crippen molar-refractivity contribution < 1.29 is 14.6 Å². The van der Waals surface area contributed by atoms with E-state index in [0.717, 1.165) is 38.8 Å². The Morgan fingerprint density at radius 1 is 1.20 bits per heavy atom. The van der Waals surface area contributed by atoms with Crippen LogP contribution in [0, 0.1) is 5.92 Å². The van der Waals surface area contributed by atoms with Crippen LogP contribution in [0.4, 0.5) is 0 Å². The summed E-state index contributed by atoms with van der Waals surface area (Å²) in [5, 5.41) is 11.5. The molecule has 140 valence electrons. The van der Waals surface area contributed by atoms with Gasteiger partial charge in [0.25, 0.3) is 0 Å². The van der Waals surface area contributed by atoms with Crippen LogP contribution in [0.5, 0.6) is 0 Å². The molecule has 1 saturated carbocycles. The molecule has 0 spiro atoms. The molecule has 1 aliphatic carbocycles. The maximum Gasteiger partial charge on any atom is 0.343 e. The largest absolute Gasteiger partial charge is 0.459 e. The summed E-state index contributed by atoms with van der Waals surface area (Å²) in [6.07, 6.45) is 4.78. The number of carbonyl (C=O) groups is 1. The summed E-state index contributed by atoms with van der Waals surface area (Å²) in [6.45, 7) is 8.63. The summed E-state index contributed by atoms with van der Waals surface area (Å²) in [4.78, 5) is 15.3. The van der Waals surface area contributed by atoms with Gasteiger partial charge in [0.2, 0.25) is 0 Å². The summed E-state index contributed by atoms with van der Waals surface area (Å²) < 4.78 is 5.73. The van der Waals surface area contributed by atoms with Crippen molar-refractivity contribution in [3.63, 3.8) is 0 Å². The fraction of sp³-hybridized carbons (Fsp3) is 0.667. The molecule has 0 aromatic heterocycles. The van der Waals surface area contributed by atoms with Gasteiger partial charge >= 0.3 is 5.97 Å². The highest BCUT2D eigenvalue weighted by molar-refractivity contribution is 5.81. The molecule has 1 N–H and O–H groups in total. The van der Waals surface area contributed by atoms with Crippen molar-refractivity contribution in [2.24, 2.45) is 5.92 Å². The van der Waals surface area contributed by atoms with E-state index in [0.29, 0.717) is 12.1 Å². The molecule has 0 saturated heterocycles. The average Bonchev–Trinajstić information content (AvgIpc) is 2.66. The summed E-state index contributed by atoms with van der Waals surface area (Å²) >= 11 is 0. The number of hydrogen-bond acceptors (Lipinski definition) is 4.